The second kappa shape index (κ2) is 7.98. The predicted octanol–water partition coefficient (Wildman–Crippen LogP) is 1.73. The Morgan fingerprint density at radius 1 is 0.786 bits per heavy atom. The minimum absolute atomic E-state index is 0. The predicted molar refractivity (Wildman–Crippen MR) is 101 cm³/mol. The molecule has 4 aromatic rings. The monoisotopic (exact) mass is 400 g/mol. The van der Waals surface area contributed by atoms with Gasteiger partial charge in [0.15, 0.2) is 0 Å². The van der Waals surface area contributed by atoms with Crippen molar-refractivity contribution in [3.8, 4) is 5.75 Å². The zero-order valence-corrected chi connectivity index (χ0v) is 17.7. The molecule has 1 N–H and O–H groups in total. The van der Waals surface area contributed by atoms with E-state index in [0.29, 0.717) is 11.1 Å². The molecule has 28 heavy (non-hydrogen) atoms. The Labute approximate surface area is 183 Å². The van der Waals surface area contributed by atoms with Crippen LogP contribution in [0.15, 0.2) is 87.9 Å². The summed E-state index contributed by atoms with van der Waals surface area (Å²) in [5.41, 5.74) is 0.796. The molecule has 0 aliphatic carbocycles. The molecule has 134 valence electrons. The number of benzene rings is 4. The Morgan fingerprint density at radius 3 is 2.25 bits per heavy atom. The molecule has 0 atom stereocenters. The molecule has 0 fully saturated rings. The number of rotatable bonds is 3. The van der Waals surface area contributed by atoms with Crippen molar-refractivity contribution in [1.29, 1.82) is 0 Å². The van der Waals surface area contributed by atoms with Gasteiger partial charge in [-0.3, -0.25) is 4.55 Å². The Balaban J connectivity index is 0.00000225. The van der Waals surface area contributed by atoms with Gasteiger partial charge in [0.2, 0.25) is 0 Å². The molecule has 6 nitrogen and oxygen atoms in total. The van der Waals surface area contributed by atoms with Crippen molar-refractivity contribution in [1.82, 2.24) is 0 Å². The smallest absolute Gasteiger partial charge is 0.871 e. The molecule has 0 aliphatic rings. The van der Waals surface area contributed by atoms with Crippen molar-refractivity contribution in [3.63, 3.8) is 0 Å². The van der Waals surface area contributed by atoms with E-state index in [4.69, 9.17) is 4.55 Å². The number of fused-ring (bicyclic) bond motifs is 2. The van der Waals surface area contributed by atoms with Crippen molar-refractivity contribution in [2.45, 2.75) is 4.90 Å². The zero-order chi connectivity index (χ0) is 19.0. The van der Waals surface area contributed by atoms with E-state index in [9.17, 15) is 13.5 Å². The van der Waals surface area contributed by atoms with Gasteiger partial charge < -0.3 is 5.11 Å². The minimum atomic E-state index is -4.25. The summed E-state index contributed by atoms with van der Waals surface area (Å²) in [5.74, 6) is -0.212. The van der Waals surface area contributed by atoms with E-state index in [1.54, 1.807) is 30.3 Å². The SMILES string of the molecule is O=S(=O)(O)c1ccc2cc(N=Nc3c([O-])ccc4ccccc34)ccc2c1.[Na+]. The van der Waals surface area contributed by atoms with Crippen LogP contribution in [0.5, 0.6) is 5.75 Å². The third-order valence-corrected chi connectivity index (χ3v) is 5.07. The fourth-order valence-corrected chi connectivity index (χ4v) is 3.40. The van der Waals surface area contributed by atoms with Crippen LogP contribution in [0.3, 0.4) is 0 Å². The van der Waals surface area contributed by atoms with E-state index in [1.807, 2.05) is 24.3 Å². The van der Waals surface area contributed by atoms with Crippen molar-refractivity contribution < 1.29 is 47.6 Å². The standard InChI is InChI=1S/C20H14N2O4S.Na/c23-19-10-7-13-3-1-2-4-18(13)20(19)22-21-16-8-5-15-12-17(27(24,25)26)9-6-14(15)11-16;/h1-12,23H,(H,24,25,26);/q;+1/p-1. The van der Waals surface area contributed by atoms with E-state index in [0.717, 1.165) is 16.2 Å². The van der Waals surface area contributed by atoms with E-state index in [-0.39, 0.29) is 45.9 Å². The Kier molecular flexibility index (Phi) is 5.83. The molecule has 0 heterocycles. The summed E-state index contributed by atoms with van der Waals surface area (Å²) >= 11 is 0. The van der Waals surface area contributed by atoms with Crippen LogP contribution in [0, 0.1) is 0 Å². The average Bonchev–Trinajstić information content (AvgIpc) is 2.66. The van der Waals surface area contributed by atoms with Gasteiger partial charge in [0.1, 0.15) is 0 Å². The third-order valence-electron chi connectivity index (χ3n) is 4.22. The van der Waals surface area contributed by atoms with Crippen molar-refractivity contribution in [3.05, 3.63) is 72.8 Å². The van der Waals surface area contributed by atoms with Gasteiger partial charge in [-0.05, 0) is 40.4 Å². The number of hydrogen-bond acceptors (Lipinski definition) is 5. The molecule has 0 bridgehead atoms. The molecular weight excluding hydrogens is 387 g/mol. The van der Waals surface area contributed by atoms with Crippen molar-refractivity contribution in [2.24, 2.45) is 10.2 Å². The van der Waals surface area contributed by atoms with Crippen molar-refractivity contribution in [2.75, 3.05) is 0 Å². The van der Waals surface area contributed by atoms with Crippen LogP contribution in [0.1, 0.15) is 0 Å². The maximum absolute atomic E-state index is 12.2. The summed E-state index contributed by atoms with van der Waals surface area (Å²) in [6.45, 7) is 0. The molecule has 0 amide bonds. The molecule has 4 rings (SSSR count). The van der Waals surface area contributed by atoms with E-state index < -0.39 is 10.1 Å². The fraction of sp³-hybridized carbons (Fsp3) is 0. The fourth-order valence-electron chi connectivity index (χ4n) is 2.88. The molecular formula is C20H13N2NaO4S. The first-order valence-electron chi connectivity index (χ1n) is 8.04. The Hall–Kier alpha value is -2.29. The quantitative estimate of drug-likeness (QED) is 0.321. The first-order valence-corrected chi connectivity index (χ1v) is 9.48. The van der Waals surface area contributed by atoms with Gasteiger partial charge in [-0.1, -0.05) is 54.3 Å². The third kappa shape index (κ3) is 4.09. The van der Waals surface area contributed by atoms with Crippen LogP contribution in [0.4, 0.5) is 11.4 Å². The molecule has 0 spiro atoms. The maximum Gasteiger partial charge on any atom is 1.00 e. The summed E-state index contributed by atoms with van der Waals surface area (Å²) in [5, 5.41) is 23.5. The van der Waals surface area contributed by atoms with Gasteiger partial charge in [-0.25, -0.2) is 0 Å². The van der Waals surface area contributed by atoms with E-state index >= 15 is 0 Å². The molecule has 0 radical (unpaired) electrons. The van der Waals surface area contributed by atoms with E-state index in [2.05, 4.69) is 10.2 Å². The van der Waals surface area contributed by atoms with Crippen molar-refractivity contribution >= 4 is 43.0 Å². The van der Waals surface area contributed by atoms with E-state index in [1.165, 1.54) is 18.2 Å². The van der Waals surface area contributed by atoms with Gasteiger partial charge in [-0.2, -0.15) is 18.6 Å². The van der Waals surface area contributed by atoms with Gasteiger partial charge in [0.05, 0.1) is 16.3 Å². The molecule has 0 unspecified atom stereocenters. The number of nitrogens with zero attached hydrogens (tertiary/aromatic N) is 2. The molecule has 0 aliphatic heterocycles. The first kappa shape index (κ1) is 20.4. The van der Waals surface area contributed by atoms with Gasteiger partial charge in [0.25, 0.3) is 10.1 Å². The number of hydrogen-bond donors (Lipinski definition) is 1. The topological polar surface area (TPSA) is 102 Å². The second-order valence-corrected chi connectivity index (χ2v) is 7.42. The first-order chi connectivity index (χ1) is 12.9. The zero-order valence-electron chi connectivity index (χ0n) is 14.9. The minimum Gasteiger partial charge on any atom is -0.871 e. The van der Waals surface area contributed by atoms with Crippen LogP contribution >= 0.6 is 0 Å². The van der Waals surface area contributed by atoms with Gasteiger partial charge >= 0.3 is 29.6 Å². The number of azo groups is 1. The summed E-state index contributed by atoms with van der Waals surface area (Å²) in [4.78, 5) is -0.170. The molecule has 0 saturated carbocycles. The maximum atomic E-state index is 12.2. The molecule has 8 heteroatoms. The van der Waals surface area contributed by atoms with Crippen LogP contribution in [-0.2, 0) is 10.1 Å². The summed E-state index contributed by atoms with van der Waals surface area (Å²) < 4.78 is 31.6. The Morgan fingerprint density at radius 2 is 1.46 bits per heavy atom. The van der Waals surface area contributed by atoms with Gasteiger partial charge in [0, 0.05) is 5.39 Å². The summed E-state index contributed by atoms with van der Waals surface area (Å²) in [6, 6.07) is 20.0. The second-order valence-electron chi connectivity index (χ2n) is 6.00. The summed E-state index contributed by atoms with van der Waals surface area (Å²) in [6.07, 6.45) is 0. The van der Waals surface area contributed by atoms with Gasteiger partial charge in [-0.15, -0.1) is 0 Å². The van der Waals surface area contributed by atoms with Crippen LogP contribution < -0.4 is 34.7 Å². The molecule has 0 aromatic heterocycles. The van der Waals surface area contributed by atoms with Crippen LogP contribution in [0.25, 0.3) is 21.5 Å². The molecule has 0 saturated heterocycles. The Bertz CT molecular complexity index is 1320. The van der Waals surface area contributed by atoms with Crippen LogP contribution in [0.2, 0.25) is 0 Å². The van der Waals surface area contributed by atoms with Crippen LogP contribution in [-0.4, -0.2) is 13.0 Å². The molecule has 4 aromatic carbocycles. The average molecular weight is 400 g/mol. The summed E-state index contributed by atoms with van der Waals surface area (Å²) in [7, 11) is -4.25. The largest absolute Gasteiger partial charge is 1.00 e. The normalized spacial score (nSPS) is 11.8.